The van der Waals surface area contributed by atoms with E-state index in [2.05, 4.69) is 29.0 Å². The Morgan fingerprint density at radius 2 is 1.97 bits per heavy atom. The SMILES string of the molecule is CCN(CC)CCC(=O)N1CCC([C@@]2(c3cccnc3)NC(=O)N(CCc3cccs3)C2=O)CC1. The first-order valence-electron chi connectivity index (χ1n) is 12.6. The lowest BCUT2D eigenvalue weighted by Gasteiger charge is -2.41. The van der Waals surface area contributed by atoms with Gasteiger partial charge in [0, 0.05) is 55.4 Å². The fraction of sp³-hybridized carbons (Fsp3) is 0.538. The quantitative estimate of drug-likeness (QED) is 0.510. The lowest BCUT2D eigenvalue weighted by atomic mass is 9.73. The average molecular weight is 498 g/mol. The zero-order chi connectivity index (χ0) is 24.8. The van der Waals surface area contributed by atoms with Crippen LogP contribution in [-0.4, -0.2) is 76.8 Å². The Bertz CT molecular complexity index is 1000. The Balaban J connectivity index is 1.48. The van der Waals surface area contributed by atoms with Gasteiger partial charge in [0.05, 0.1) is 0 Å². The summed E-state index contributed by atoms with van der Waals surface area (Å²) in [5.74, 6) is -0.162. The van der Waals surface area contributed by atoms with Crippen LogP contribution in [0.25, 0.3) is 0 Å². The van der Waals surface area contributed by atoms with Crippen molar-refractivity contribution in [2.75, 3.05) is 39.3 Å². The number of likely N-dealkylation sites (tertiary alicyclic amines) is 1. The third-order valence-corrected chi connectivity index (χ3v) is 8.34. The summed E-state index contributed by atoms with van der Waals surface area (Å²) in [4.78, 5) is 50.7. The van der Waals surface area contributed by atoms with E-state index in [1.165, 1.54) is 4.90 Å². The topological polar surface area (TPSA) is 85.8 Å². The highest BCUT2D eigenvalue weighted by Crippen LogP contribution is 2.41. The Morgan fingerprint density at radius 1 is 1.20 bits per heavy atom. The van der Waals surface area contributed by atoms with E-state index in [9.17, 15) is 14.4 Å². The molecule has 2 fully saturated rings. The third-order valence-electron chi connectivity index (χ3n) is 7.41. The van der Waals surface area contributed by atoms with Crippen molar-refractivity contribution in [3.05, 3.63) is 52.5 Å². The third kappa shape index (κ3) is 5.26. The number of carbonyl (C=O) groups is 3. The number of piperidine rings is 1. The molecule has 2 aliphatic rings. The van der Waals surface area contributed by atoms with Crippen molar-refractivity contribution in [1.82, 2.24) is 25.0 Å². The van der Waals surface area contributed by atoms with Gasteiger partial charge in [0.1, 0.15) is 0 Å². The molecule has 1 N–H and O–H groups in total. The second kappa shape index (κ2) is 11.3. The van der Waals surface area contributed by atoms with Crippen molar-refractivity contribution in [3.63, 3.8) is 0 Å². The van der Waals surface area contributed by atoms with Crippen LogP contribution in [0.4, 0.5) is 4.79 Å². The maximum atomic E-state index is 13.9. The summed E-state index contributed by atoms with van der Waals surface area (Å²) >= 11 is 1.62. The molecule has 0 aromatic carbocycles. The number of amides is 4. The summed E-state index contributed by atoms with van der Waals surface area (Å²) in [6, 6.07) is 7.31. The highest BCUT2D eigenvalue weighted by atomic mass is 32.1. The van der Waals surface area contributed by atoms with Gasteiger partial charge in [-0.1, -0.05) is 26.0 Å². The summed E-state index contributed by atoms with van der Waals surface area (Å²) in [5, 5.41) is 5.07. The molecule has 2 saturated heterocycles. The lowest BCUT2D eigenvalue weighted by molar-refractivity contribution is -0.136. The predicted molar refractivity (Wildman–Crippen MR) is 136 cm³/mol. The summed E-state index contributed by atoms with van der Waals surface area (Å²) in [6.07, 6.45) is 5.80. The van der Waals surface area contributed by atoms with Gasteiger partial charge >= 0.3 is 6.03 Å². The number of carbonyl (C=O) groups excluding carboxylic acids is 3. The summed E-state index contributed by atoms with van der Waals surface area (Å²) in [5.41, 5.74) is -0.430. The Morgan fingerprint density at radius 3 is 2.60 bits per heavy atom. The monoisotopic (exact) mass is 497 g/mol. The summed E-state index contributed by atoms with van der Waals surface area (Å²) < 4.78 is 0. The first kappa shape index (κ1) is 25.3. The van der Waals surface area contributed by atoms with E-state index < -0.39 is 5.54 Å². The predicted octanol–water partition coefficient (Wildman–Crippen LogP) is 3.10. The van der Waals surface area contributed by atoms with Crippen LogP contribution in [0.15, 0.2) is 42.0 Å². The average Bonchev–Trinajstić information content (AvgIpc) is 3.50. The van der Waals surface area contributed by atoms with E-state index in [-0.39, 0.29) is 23.8 Å². The molecule has 0 unspecified atom stereocenters. The van der Waals surface area contributed by atoms with E-state index in [0.717, 1.165) is 24.5 Å². The van der Waals surface area contributed by atoms with Gasteiger partial charge in [0.2, 0.25) is 5.91 Å². The van der Waals surface area contributed by atoms with Crippen LogP contribution in [0.3, 0.4) is 0 Å². The maximum Gasteiger partial charge on any atom is 0.325 e. The molecule has 4 rings (SSSR count). The molecule has 2 aliphatic heterocycles. The maximum absolute atomic E-state index is 13.9. The minimum absolute atomic E-state index is 0.110. The van der Waals surface area contributed by atoms with Crippen LogP contribution in [0, 0.1) is 5.92 Å². The number of nitrogens with one attached hydrogen (secondary N) is 1. The normalized spacial score (nSPS) is 21.1. The van der Waals surface area contributed by atoms with Gasteiger partial charge in [-0.05, 0) is 55.8 Å². The lowest BCUT2D eigenvalue weighted by Crippen LogP contribution is -2.54. The van der Waals surface area contributed by atoms with Crippen molar-refractivity contribution < 1.29 is 14.4 Å². The molecule has 9 heteroatoms. The molecule has 4 heterocycles. The molecule has 2 aromatic heterocycles. The second-order valence-electron chi connectivity index (χ2n) is 9.20. The minimum atomic E-state index is -1.14. The number of hydrogen-bond acceptors (Lipinski definition) is 6. The Hall–Kier alpha value is -2.78. The number of hydrogen-bond donors (Lipinski definition) is 1. The molecular weight excluding hydrogens is 462 g/mol. The number of urea groups is 1. The standard InChI is InChI=1S/C26H35N5O3S/c1-3-29(4-2)14-12-23(32)30-15-9-20(10-16-30)26(21-7-5-13-27-19-21)24(33)31(25(34)28-26)17-11-22-8-6-18-35-22/h5-8,13,18-20H,3-4,9-12,14-17H2,1-2H3,(H,28,34)/t26-/m0/s1. The molecule has 0 saturated carbocycles. The van der Waals surface area contributed by atoms with Crippen molar-refractivity contribution >= 4 is 29.2 Å². The van der Waals surface area contributed by atoms with Gasteiger partial charge in [-0.2, -0.15) is 0 Å². The van der Waals surface area contributed by atoms with Gasteiger partial charge in [0.25, 0.3) is 5.91 Å². The number of imide groups is 1. The number of thiophene rings is 1. The van der Waals surface area contributed by atoms with Crippen LogP contribution in [0.1, 0.15) is 43.6 Å². The fourth-order valence-electron chi connectivity index (χ4n) is 5.29. The zero-order valence-corrected chi connectivity index (χ0v) is 21.4. The highest BCUT2D eigenvalue weighted by Gasteiger charge is 2.57. The van der Waals surface area contributed by atoms with Crippen molar-refractivity contribution in [1.29, 1.82) is 0 Å². The molecule has 0 aliphatic carbocycles. The fourth-order valence-corrected chi connectivity index (χ4v) is 5.99. The van der Waals surface area contributed by atoms with Gasteiger partial charge in [-0.15, -0.1) is 11.3 Å². The van der Waals surface area contributed by atoms with Crippen molar-refractivity contribution in [2.24, 2.45) is 5.92 Å². The summed E-state index contributed by atoms with van der Waals surface area (Å²) in [7, 11) is 0. The highest BCUT2D eigenvalue weighted by molar-refractivity contribution is 7.09. The molecule has 188 valence electrons. The zero-order valence-electron chi connectivity index (χ0n) is 20.6. The molecule has 8 nitrogen and oxygen atoms in total. The van der Waals surface area contributed by atoms with E-state index in [1.807, 2.05) is 28.5 Å². The second-order valence-corrected chi connectivity index (χ2v) is 10.2. The van der Waals surface area contributed by atoms with Crippen LogP contribution >= 0.6 is 11.3 Å². The largest absolute Gasteiger partial charge is 0.343 e. The van der Waals surface area contributed by atoms with Gasteiger partial charge in [-0.25, -0.2) is 4.79 Å². The molecule has 35 heavy (non-hydrogen) atoms. The van der Waals surface area contributed by atoms with Crippen LogP contribution in [0.5, 0.6) is 0 Å². The number of aromatic nitrogens is 1. The van der Waals surface area contributed by atoms with Gasteiger partial charge < -0.3 is 15.1 Å². The van der Waals surface area contributed by atoms with Gasteiger partial charge in [0.15, 0.2) is 5.54 Å². The number of pyridine rings is 1. The first-order valence-corrected chi connectivity index (χ1v) is 13.4. The van der Waals surface area contributed by atoms with Crippen LogP contribution < -0.4 is 5.32 Å². The van der Waals surface area contributed by atoms with Gasteiger partial charge in [-0.3, -0.25) is 19.5 Å². The minimum Gasteiger partial charge on any atom is -0.343 e. The Labute approximate surface area is 211 Å². The van der Waals surface area contributed by atoms with E-state index in [4.69, 9.17) is 0 Å². The molecular formula is C26H35N5O3S. The smallest absolute Gasteiger partial charge is 0.325 e. The van der Waals surface area contributed by atoms with Crippen molar-refractivity contribution in [3.8, 4) is 0 Å². The molecule has 1 atom stereocenters. The first-order chi connectivity index (χ1) is 17.0. The number of nitrogens with zero attached hydrogens (tertiary/aromatic N) is 4. The molecule has 0 bridgehead atoms. The van der Waals surface area contributed by atoms with E-state index in [0.29, 0.717) is 50.9 Å². The van der Waals surface area contributed by atoms with Crippen LogP contribution in [0.2, 0.25) is 0 Å². The molecule has 4 amide bonds. The molecule has 0 radical (unpaired) electrons. The molecule has 2 aromatic rings. The van der Waals surface area contributed by atoms with Crippen molar-refractivity contribution in [2.45, 2.75) is 45.1 Å². The summed E-state index contributed by atoms with van der Waals surface area (Å²) in [6.45, 7) is 8.36. The van der Waals surface area contributed by atoms with E-state index >= 15 is 0 Å². The Kier molecular flexibility index (Phi) is 8.18. The number of rotatable bonds is 10. The van der Waals surface area contributed by atoms with E-state index in [1.54, 1.807) is 29.8 Å². The molecule has 0 spiro atoms. The van der Waals surface area contributed by atoms with Crippen LogP contribution in [-0.2, 0) is 21.5 Å².